The number of oxazole rings is 1. The molecule has 0 bridgehead atoms. The molecule has 3 heterocycles. The Hall–Kier alpha value is -2.37. The number of carbonyl (C=O) groups excluding carboxylic acids is 1. The summed E-state index contributed by atoms with van der Waals surface area (Å²) in [4.78, 5) is 22.0. The average Bonchev–Trinajstić information content (AvgIpc) is 2.93. The van der Waals surface area contributed by atoms with E-state index in [0.717, 1.165) is 16.8 Å². The molecule has 1 aliphatic heterocycles. The zero-order valence-electron chi connectivity index (χ0n) is 10.8. The van der Waals surface area contributed by atoms with Gasteiger partial charge in [0, 0.05) is 25.5 Å². The van der Waals surface area contributed by atoms with E-state index >= 15 is 0 Å². The van der Waals surface area contributed by atoms with Gasteiger partial charge in [0.25, 0.3) is 0 Å². The number of fused-ring (bicyclic) bond motifs is 1. The van der Waals surface area contributed by atoms with Crippen molar-refractivity contribution in [3.05, 3.63) is 41.0 Å². The molecule has 0 aliphatic carbocycles. The molecule has 0 saturated carbocycles. The Kier molecular flexibility index (Phi) is 2.70. The first-order valence-electron chi connectivity index (χ1n) is 6.05. The molecule has 2 aromatic rings. The lowest BCUT2D eigenvalue weighted by Gasteiger charge is -2.14. The molecule has 0 aromatic carbocycles. The highest BCUT2D eigenvalue weighted by Gasteiger charge is 2.24. The van der Waals surface area contributed by atoms with Crippen LogP contribution in [-0.2, 0) is 13.1 Å². The number of rotatable bonds is 1. The molecule has 1 aliphatic rings. The van der Waals surface area contributed by atoms with Crippen molar-refractivity contribution in [3.8, 4) is 0 Å². The molecule has 98 valence electrons. The zero-order chi connectivity index (χ0) is 13.4. The van der Waals surface area contributed by atoms with Crippen LogP contribution in [0.5, 0.6) is 0 Å². The summed E-state index contributed by atoms with van der Waals surface area (Å²) in [5.74, 6) is 0.712. The molecular formula is C13H14N4O2. The summed E-state index contributed by atoms with van der Waals surface area (Å²) in [6, 6.07) is 1.97. The van der Waals surface area contributed by atoms with Crippen LogP contribution >= 0.6 is 0 Å². The van der Waals surface area contributed by atoms with Crippen LogP contribution in [0.3, 0.4) is 0 Å². The highest BCUT2D eigenvalue weighted by Crippen LogP contribution is 2.22. The van der Waals surface area contributed by atoms with E-state index in [1.54, 1.807) is 17.3 Å². The van der Waals surface area contributed by atoms with Gasteiger partial charge in [-0.05, 0) is 31.0 Å². The number of nitrogens with one attached hydrogen (secondary N) is 1. The van der Waals surface area contributed by atoms with E-state index < -0.39 is 0 Å². The molecule has 2 aromatic heterocycles. The molecule has 0 atom stereocenters. The number of hydrogen-bond donors (Lipinski definition) is 1. The van der Waals surface area contributed by atoms with Gasteiger partial charge in [0.1, 0.15) is 5.76 Å². The van der Waals surface area contributed by atoms with Crippen molar-refractivity contribution in [3.63, 3.8) is 0 Å². The predicted molar refractivity (Wildman–Crippen MR) is 68.5 cm³/mol. The smallest absolute Gasteiger partial charge is 0.326 e. The lowest BCUT2D eigenvalue weighted by atomic mass is 10.2. The fraction of sp³-hybridized carbons (Fsp3) is 0.308. The molecule has 3 rings (SSSR count). The average molecular weight is 258 g/mol. The first kappa shape index (κ1) is 11.7. The third-order valence-corrected chi connectivity index (χ3v) is 3.26. The van der Waals surface area contributed by atoms with E-state index in [-0.39, 0.29) is 12.0 Å². The Morgan fingerprint density at radius 1 is 1.37 bits per heavy atom. The van der Waals surface area contributed by atoms with Gasteiger partial charge in [0.15, 0.2) is 0 Å². The summed E-state index contributed by atoms with van der Waals surface area (Å²) in [6.07, 6.45) is 3.53. The fourth-order valence-corrected chi connectivity index (χ4v) is 2.06. The number of aryl methyl sites for hydroxylation is 2. The zero-order valence-corrected chi connectivity index (χ0v) is 10.8. The van der Waals surface area contributed by atoms with Crippen molar-refractivity contribution in [2.75, 3.05) is 5.32 Å². The quantitative estimate of drug-likeness (QED) is 0.851. The van der Waals surface area contributed by atoms with E-state index in [9.17, 15) is 4.79 Å². The van der Waals surface area contributed by atoms with Crippen molar-refractivity contribution in [1.29, 1.82) is 0 Å². The topological polar surface area (TPSA) is 71.3 Å². The number of aromatic nitrogens is 2. The number of hydrogen-bond acceptors (Lipinski definition) is 4. The molecule has 0 radical (unpaired) electrons. The summed E-state index contributed by atoms with van der Waals surface area (Å²) in [6.45, 7) is 4.80. The summed E-state index contributed by atoms with van der Waals surface area (Å²) in [5, 5.41) is 2.67. The van der Waals surface area contributed by atoms with E-state index in [2.05, 4.69) is 15.3 Å². The maximum Gasteiger partial charge on any atom is 0.326 e. The normalized spacial score (nSPS) is 13.5. The Labute approximate surface area is 110 Å². The fourth-order valence-electron chi connectivity index (χ4n) is 2.06. The van der Waals surface area contributed by atoms with Crippen LogP contribution in [0.2, 0.25) is 0 Å². The highest BCUT2D eigenvalue weighted by molar-refractivity contribution is 5.87. The maximum atomic E-state index is 12.1. The molecule has 2 amide bonds. The number of amides is 2. The molecule has 6 heteroatoms. The van der Waals surface area contributed by atoms with Gasteiger partial charge in [-0.15, -0.1) is 0 Å². The van der Waals surface area contributed by atoms with E-state index in [4.69, 9.17) is 4.42 Å². The molecule has 0 spiro atoms. The second kappa shape index (κ2) is 4.38. The SMILES string of the molecule is Cc1nc(NC(=O)N2Cc3ccncc3C2)oc1C. The van der Waals surface area contributed by atoms with Crippen LogP contribution in [0.4, 0.5) is 10.8 Å². The van der Waals surface area contributed by atoms with Gasteiger partial charge >= 0.3 is 12.0 Å². The first-order chi connectivity index (χ1) is 9.13. The van der Waals surface area contributed by atoms with Crippen LogP contribution < -0.4 is 5.32 Å². The predicted octanol–water partition coefficient (Wildman–Crippen LogP) is 2.23. The number of anilines is 1. The molecule has 0 unspecified atom stereocenters. The highest BCUT2D eigenvalue weighted by atomic mass is 16.4. The number of carbonyl (C=O) groups is 1. The Morgan fingerprint density at radius 3 is 2.84 bits per heavy atom. The van der Waals surface area contributed by atoms with Gasteiger partial charge in [-0.3, -0.25) is 10.3 Å². The lowest BCUT2D eigenvalue weighted by molar-refractivity contribution is 0.212. The van der Waals surface area contributed by atoms with Crippen LogP contribution in [0.15, 0.2) is 22.9 Å². The summed E-state index contributed by atoms with van der Waals surface area (Å²) >= 11 is 0. The monoisotopic (exact) mass is 258 g/mol. The van der Waals surface area contributed by atoms with Crippen LogP contribution in [0, 0.1) is 13.8 Å². The third kappa shape index (κ3) is 2.16. The minimum absolute atomic E-state index is 0.211. The third-order valence-electron chi connectivity index (χ3n) is 3.26. The van der Waals surface area contributed by atoms with E-state index in [1.165, 1.54) is 0 Å². The number of nitrogens with zero attached hydrogens (tertiary/aromatic N) is 3. The summed E-state index contributed by atoms with van der Waals surface area (Å²) in [7, 11) is 0. The van der Waals surface area contributed by atoms with Gasteiger partial charge in [-0.2, -0.15) is 4.98 Å². The van der Waals surface area contributed by atoms with Gasteiger partial charge in [0.05, 0.1) is 5.69 Å². The number of pyridine rings is 1. The maximum absolute atomic E-state index is 12.1. The lowest BCUT2D eigenvalue weighted by Crippen LogP contribution is -2.30. The van der Waals surface area contributed by atoms with Gasteiger partial charge in [-0.25, -0.2) is 4.79 Å². The first-order valence-corrected chi connectivity index (χ1v) is 6.05. The Balaban J connectivity index is 1.70. The van der Waals surface area contributed by atoms with Gasteiger partial charge in [0.2, 0.25) is 0 Å². The van der Waals surface area contributed by atoms with Crippen molar-refractivity contribution >= 4 is 12.0 Å². The largest absolute Gasteiger partial charge is 0.428 e. The van der Waals surface area contributed by atoms with Crippen LogP contribution in [0.1, 0.15) is 22.6 Å². The van der Waals surface area contributed by atoms with Crippen molar-refractivity contribution in [2.45, 2.75) is 26.9 Å². The summed E-state index contributed by atoms with van der Waals surface area (Å²) in [5.41, 5.74) is 2.99. The molecule has 6 nitrogen and oxygen atoms in total. The minimum Gasteiger partial charge on any atom is -0.428 e. The van der Waals surface area contributed by atoms with Crippen LogP contribution in [-0.4, -0.2) is 20.9 Å². The molecule has 0 saturated heterocycles. The second-order valence-electron chi connectivity index (χ2n) is 4.59. The van der Waals surface area contributed by atoms with E-state index in [1.807, 2.05) is 19.9 Å². The van der Waals surface area contributed by atoms with Crippen LogP contribution in [0.25, 0.3) is 0 Å². The van der Waals surface area contributed by atoms with Crippen molar-refractivity contribution in [1.82, 2.24) is 14.9 Å². The standard InChI is InChI=1S/C13H14N4O2/c1-8-9(2)19-12(15-8)16-13(18)17-6-10-3-4-14-5-11(10)7-17/h3-5H,6-7H2,1-2H3,(H,15,16,18). The Bertz CT molecular complexity index is 591. The van der Waals surface area contributed by atoms with E-state index in [0.29, 0.717) is 18.8 Å². The second-order valence-corrected chi connectivity index (χ2v) is 4.59. The molecule has 1 N–H and O–H groups in total. The molecule has 19 heavy (non-hydrogen) atoms. The summed E-state index contributed by atoms with van der Waals surface area (Å²) < 4.78 is 5.34. The van der Waals surface area contributed by atoms with Crippen molar-refractivity contribution in [2.24, 2.45) is 0 Å². The van der Waals surface area contributed by atoms with Gasteiger partial charge < -0.3 is 9.32 Å². The van der Waals surface area contributed by atoms with Crippen molar-refractivity contribution < 1.29 is 9.21 Å². The number of urea groups is 1. The minimum atomic E-state index is -0.211. The van der Waals surface area contributed by atoms with Gasteiger partial charge in [-0.1, -0.05) is 0 Å². The Morgan fingerprint density at radius 2 is 2.16 bits per heavy atom. The molecular weight excluding hydrogens is 244 g/mol. The molecule has 0 fully saturated rings.